The van der Waals surface area contributed by atoms with Crippen molar-refractivity contribution in [2.75, 3.05) is 42.7 Å². The molecule has 1 aromatic heterocycles. The number of nitrogens with zero attached hydrogens (tertiary/aromatic N) is 5. The molecule has 7 nitrogen and oxygen atoms in total. The van der Waals surface area contributed by atoms with Crippen LogP contribution < -0.4 is 4.90 Å². The molecule has 1 atom stereocenters. The molecule has 1 aromatic rings. The van der Waals surface area contributed by atoms with E-state index in [1.54, 1.807) is 28.9 Å². The highest BCUT2D eigenvalue weighted by Crippen LogP contribution is 2.23. The number of carbonyl (C=O) groups excluding carboxylic acids is 2. The fourth-order valence-corrected chi connectivity index (χ4v) is 4.20. The van der Waals surface area contributed by atoms with Crippen LogP contribution in [0, 0.1) is 11.3 Å². The molecule has 8 heteroatoms. The van der Waals surface area contributed by atoms with Crippen LogP contribution in [0.4, 0.5) is 5.69 Å². The molecule has 0 aliphatic carbocycles. The lowest BCUT2D eigenvalue weighted by Gasteiger charge is -2.37. The number of carbonyl (C=O) groups is 2. The van der Waals surface area contributed by atoms with Crippen LogP contribution in [0.3, 0.4) is 0 Å². The molecular formula is C16H19N5O2S. The zero-order valence-electron chi connectivity index (χ0n) is 13.5. The van der Waals surface area contributed by atoms with Gasteiger partial charge < -0.3 is 14.7 Å². The molecule has 0 spiro atoms. The monoisotopic (exact) mass is 345 g/mol. The number of anilines is 1. The molecule has 2 aliphatic heterocycles. The van der Waals surface area contributed by atoms with Gasteiger partial charge >= 0.3 is 0 Å². The molecular weight excluding hydrogens is 326 g/mol. The number of amides is 2. The predicted octanol–water partition coefficient (Wildman–Crippen LogP) is 0.523. The largest absolute Gasteiger partial charge is 0.367 e. The number of rotatable bonds is 2. The summed E-state index contributed by atoms with van der Waals surface area (Å²) in [4.78, 5) is 34.1. The lowest BCUT2D eigenvalue weighted by molar-refractivity contribution is -0.142. The molecule has 1 unspecified atom stereocenters. The van der Waals surface area contributed by atoms with Gasteiger partial charge in [0.15, 0.2) is 0 Å². The minimum absolute atomic E-state index is 0.0411. The van der Waals surface area contributed by atoms with Gasteiger partial charge in [0.05, 0.1) is 17.8 Å². The van der Waals surface area contributed by atoms with Gasteiger partial charge in [-0.2, -0.15) is 5.26 Å². The summed E-state index contributed by atoms with van der Waals surface area (Å²) in [7, 11) is 0. The van der Waals surface area contributed by atoms with Crippen LogP contribution in [0.5, 0.6) is 0 Å². The van der Waals surface area contributed by atoms with E-state index in [2.05, 4.69) is 9.88 Å². The summed E-state index contributed by atoms with van der Waals surface area (Å²) in [5.74, 6) is 1.29. The Kier molecular flexibility index (Phi) is 4.90. The summed E-state index contributed by atoms with van der Waals surface area (Å²) in [5, 5.41) is 8.80. The molecule has 0 N–H and O–H groups in total. The summed E-state index contributed by atoms with van der Waals surface area (Å²) in [6, 6.07) is 5.27. The number of hydrogen-bond acceptors (Lipinski definition) is 6. The Labute approximate surface area is 145 Å². The Balaban J connectivity index is 1.59. The summed E-state index contributed by atoms with van der Waals surface area (Å²) in [6.07, 6.45) is 1.70. The van der Waals surface area contributed by atoms with E-state index in [1.165, 1.54) is 6.92 Å². The second kappa shape index (κ2) is 7.09. The van der Waals surface area contributed by atoms with Crippen molar-refractivity contribution in [1.82, 2.24) is 14.8 Å². The van der Waals surface area contributed by atoms with Gasteiger partial charge in [-0.3, -0.25) is 9.59 Å². The number of piperazine rings is 1. The quantitative estimate of drug-likeness (QED) is 0.777. The van der Waals surface area contributed by atoms with E-state index in [1.807, 2.05) is 17.0 Å². The van der Waals surface area contributed by atoms with Crippen LogP contribution in [0.1, 0.15) is 12.6 Å². The van der Waals surface area contributed by atoms with Crippen LogP contribution in [-0.4, -0.2) is 70.4 Å². The van der Waals surface area contributed by atoms with Gasteiger partial charge in [0.1, 0.15) is 17.8 Å². The maximum Gasteiger partial charge on any atom is 0.246 e. The van der Waals surface area contributed by atoms with Gasteiger partial charge in [0.25, 0.3) is 0 Å². The molecule has 3 rings (SSSR count). The second-order valence-corrected chi connectivity index (χ2v) is 6.83. The average molecular weight is 345 g/mol. The summed E-state index contributed by atoms with van der Waals surface area (Å²) >= 11 is 1.62. The highest BCUT2D eigenvalue weighted by atomic mass is 32.2. The Morgan fingerprint density at radius 1 is 1.29 bits per heavy atom. The Morgan fingerprint density at radius 3 is 2.62 bits per heavy atom. The third-order valence-corrected chi connectivity index (χ3v) is 5.40. The minimum Gasteiger partial charge on any atom is -0.367 e. The molecule has 2 saturated heterocycles. The molecule has 24 heavy (non-hydrogen) atoms. The van der Waals surface area contributed by atoms with Crippen molar-refractivity contribution in [1.29, 1.82) is 5.26 Å². The first-order chi connectivity index (χ1) is 11.6. The number of nitriles is 1. The topological polar surface area (TPSA) is 80.5 Å². The number of aromatic nitrogens is 1. The molecule has 0 aromatic carbocycles. The second-order valence-electron chi connectivity index (χ2n) is 5.83. The highest BCUT2D eigenvalue weighted by molar-refractivity contribution is 7.99. The maximum atomic E-state index is 12.7. The van der Waals surface area contributed by atoms with Crippen LogP contribution in [0.25, 0.3) is 0 Å². The molecule has 3 heterocycles. The van der Waals surface area contributed by atoms with E-state index < -0.39 is 0 Å². The van der Waals surface area contributed by atoms with Crippen molar-refractivity contribution >= 4 is 29.3 Å². The summed E-state index contributed by atoms with van der Waals surface area (Å²) in [6.45, 7) is 4.22. The van der Waals surface area contributed by atoms with Gasteiger partial charge in [-0.25, -0.2) is 4.98 Å². The van der Waals surface area contributed by atoms with Crippen LogP contribution in [0.2, 0.25) is 0 Å². The number of hydrogen-bond donors (Lipinski definition) is 0. The van der Waals surface area contributed by atoms with Gasteiger partial charge in [-0.05, 0) is 12.1 Å². The predicted molar refractivity (Wildman–Crippen MR) is 91.4 cm³/mol. The SMILES string of the molecule is CC(=O)N1CSCC1C(=O)N1CCN(c2ccc(C#N)nc2)CC1. The van der Waals surface area contributed by atoms with Crippen molar-refractivity contribution < 1.29 is 9.59 Å². The molecule has 2 aliphatic rings. The fraction of sp³-hybridized carbons (Fsp3) is 0.500. The van der Waals surface area contributed by atoms with Gasteiger partial charge in [-0.15, -0.1) is 11.8 Å². The standard InChI is InChI=1S/C16H19N5O2S/c1-12(22)21-11-24-10-15(21)16(23)20-6-4-19(5-7-20)14-3-2-13(8-17)18-9-14/h2-3,9,15H,4-7,10-11H2,1H3. The van der Waals surface area contributed by atoms with Crippen LogP contribution in [-0.2, 0) is 9.59 Å². The molecule has 2 amide bonds. The Bertz CT molecular complexity index is 664. The Morgan fingerprint density at radius 2 is 2.04 bits per heavy atom. The average Bonchev–Trinajstić information content (AvgIpc) is 3.11. The van der Waals surface area contributed by atoms with Crippen molar-refractivity contribution in [2.45, 2.75) is 13.0 Å². The summed E-state index contributed by atoms with van der Waals surface area (Å²) < 4.78 is 0. The molecule has 2 fully saturated rings. The summed E-state index contributed by atoms with van der Waals surface area (Å²) in [5.41, 5.74) is 1.36. The first kappa shape index (κ1) is 16.6. The lowest BCUT2D eigenvalue weighted by atomic mass is 10.2. The van der Waals surface area contributed by atoms with Gasteiger partial charge in [0.2, 0.25) is 11.8 Å². The number of pyridine rings is 1. The highest BCUT2D eigenvalue weighted by Gasteiger charge is 2.36. The zero-order valence-corrected chi connectivity index (χ0v) is 14.3. The van der Waals surface area contributed by atoms with Gasteiger partial charge in [-0.1, -0.05) is 0 Å². The molecule has 126 valence electrons. The first-order valence-corrected chi connectivity index (χ1v) is 9.00. The van der Waals surface area contributed by atoms with Crippen molar-refractivity contribution in [2.24, 2.45) is 0 Å². The Hall–Kier alpha value is -2.27. The van der Waals surface area contributed by atoms with E-state index >= 15 is 0 Å². The van der Waals surface area contributed by atoms with E-state index in [0.717, 1.165) is 18.8 Å². The molecule has 0 bridgehead atoms. The number of thioether (sulfide) groups is 1. The van der Waals surface area contributed by atoms with E-state index in [0.29, 0.717) is 30.4 Å². The molecule has 0 radical (unpaired) electrons. The smallest absolute Gasteiger partial charge is 0.246 e. The minimum atomic E-state index is -0.323. The molecule has 0 saturated carbocycles. The van der Waals surface area contributed by atoms with Crippen molar-refractivity contribution in [3.05, 3.63) is 24.0 Å². The maximum absolute atomic E-state index is 12.7. The third kappa shape index (κ3) is 3.31. The van der Waals surface area contributed by atoms with Crippen molar-refractivity contribution in [3.8, 4) is 6.07 Å². The fourth-order valence-electron chi connectivity index (χ4n) is 2.99. The normalized spacial score (nSPS) is 20.8. The lowest BCUT2D eigenvalue weighted by Crippen LogP contribution is -2.55. The van der Waals surface area contributed by atoms with E-state index in [-0.39, 0.29) is 17.9 Å². The van der Waals surface area contributed by atoms with E-state index in [4.69, 9.17) is 5.26 Å². The first-order valence-electron chi connectivity index (χ1n) is 7.85. The van der Waals surface area contributed by atoms with E-state index in [9.17, 15) is 9.59 Å². The van der Waals surface area contributed by atoms with Gasteiger partial charge in [0, 0.05) is 38.9 Å². The van der Waals surface area contributed by atoms with Crippen LogP contribution >= 0.6 is 11.8 Å². The van der Waals surface area contributed by atoms with Crippen LogP contribution in [0.15, 0.2) is 18.3 Å². The van der Waals surface area contributed by atoms with Crippen molar-refractivity contribution in [3.63, 3.8) is 0 Å². The zero-order chi connectivity index (χ0) is 17.1. The third-order valence-electron chi connectivity index (χ3n) is 4.39.